The SMILES string of the molecule is CCCCCNS(=O)(=O)c1csc(CO)c1. The van der Waals surface area contributed by atoms with Gasteiger partial charge in [-0.2, -0.15) is 0 Å². The van der Waals surface area contributed by atoms with Crippen LogP contribution in [-0.4, -0.2) is 20.1 Å². The molecule has 0 amide bonds. The van der Waals surface area contributed by atoms with Crippen molar-refractivity contribution >= 4 is 21.4 Å². The number of unbranched alkanes of at least 4 members (excludes halogenated alkanes) is 2. The minimum Gasteiger partial charge on any atom is -0.391 e. The quantitative estimate of drug-likeness (QED) is 0.736. The summed E-state index contributed by atoms with van der Waals surface area (Å²) in [5.74, 6) is 0. The van der Waals surface area contributed by atoms with Gasteiger partial charge in [-0.05, 0) is 12.5 Å². The predicted octanol–water partition coefficient (Wildman–Crippen LogP) is 1.71. The maximum absolute atomic E-state index is 11.7. The number of nitrogens with one attached hydrogen (secondary N) is 1. The second-order valence-corrected chi connectivity index (χ2v) is 6.27. The lowest BCUT2D eigenvalue weighted by Crippen LogP contribution is -2.24. The monoisotopic (exact) mass is 263 g/mol. The lowest BCUT2D eigenvalue weighted by Gasteiger charge is -2.03. The van der Waals surface area contributed by atoms with Gasteiger partial charge in [-0.15, -0.1) is 11.3 Å². The average Bonchev–Trinajstić information content (AvgIpc) is 2.73. The molecule has 0 aromatic carbocycles. The van der Waals surface area contributed by atoms with E-state index in [1.54, 1.807) is 5.38 Å². The second kappa shape index (κ2) is 6.34. The number of hydrogen-bond acceptors (Lipinski definition) is 4. The van der Waals surface area contributed by atoms with Crippen LogP contribution in [0.2, 0.25) is 0 Å². The molecule has 4 nitrogen and oxygen atoms in total. The summed E-state index contributed by atoms with van der Waals surface area (Å²) in [6, 6.07) is 1.51. The molecular formula is C10H17NO3S2. The highest BCUT2D eigenvalue weighted by Crippen LogP contribution is 2.18. The molecular weight excluding hydrogens is 246 g/mol. The van der Waals surface area contributed by atoms with Crippen molar-refractivity contribution in [2.75, 3.05) is 6.54 Å². The lowest BCUT2D eigenvalue weighted by atomic mass is 10.3. The standard InChI is InChI=1S/C10H17NO3S2/c1-2-3-4-5-11-16(13,14)10-6-9(7-12)15-8-10/h6,8,11-12H,2-5,7H2,1H3. The van der Waals surface area contributed by atoms with Crippen molar-refractivity contribution in [1.29, 1.82) is 0 Å². The van der Waals surface area contributed by atoms with E-state index in [1.807, 2.05) is 0 Å². The molecule has 1 aromatic rings. The summed E-state index contributed by atoms with van der Waals surface area (Å²) in [6.45, 7) is 2.43. The molecule has 0 spiro atoms. The van der Waals surface area contributed by atoms with Gasteiger partial charge < -0.3 is 5.11 Å². The van der Waals surface area contributed by atoms with Crippen LogP contribution >= 0.6 is 11.3 Å². The number of thiophene rings is 1. The van der Waals surface area contributed by atoms with Crippen LogP contribution < -0.4 is 4.72 Å². The molecule has 16 heavy (non-hydrogen) atoms. The van der Waals surface area contributed by atoms with E-state index in [9.17, 15) is 8.42 Å². The third kappa shape index (κ3) is 3.86. The molecule has 0 aliphatic carbocycles. The molecule has 2 N–H and O–H groups in total. The van der Waals surface area contributed by atoms with Gasteiger partial charge in [-0.3, -0.25) is 0 Å². The van der Waals surface area contributed by atoms with Gasteiger partial charge in [0, 0.05) is 16.8 Å². The topological polar surface area (TPSA) is 66.4 Å². The Hall–Kier alpha value is -0.430. The molecule has 0 aliphatic heterocycles. The molecule has 0 radical (unpaired) electrons. The molecule has 0 aliphatic rings. The third-order valence-corrected chi connectivity index (χ3v) is 4.68. The number of rotatable bonds is 7. The van der Waals surface area contributed by atoms with Gasteiger partial charge in [0.05, 0.1) is 11.5 Å². The smallest absolute Gasteiger partial charge is 0.241 e. The van der Waals surface area contributed by atoms with E-state index in [1.165, 1.54) is 17.4 Å². The van der Waals surface area contributed by atoms with Crippen molar-refractivity contribution in [3.63, 3.8) is 0 Å². The summed E-state index contributed by atoms with van der Waals surface area (Å²) in [7, 11) is -3.38. The fraction of sp³-hybridized carbons (Fsp3) is 0.600. The molecule has 1 rings (SSSR count). The summed E-state index contributed by atoms with van der Waals surface area (Å²) in [6.07, 6.45) is 2.94. The van der Waals surface area contributed by atoms with Crippen LogP contribution in [0, 0.1) is 0 Å². The fourth-order valence-corrected chi connectivity index (χ4v) is 3.46. The van der Waals surface area contributed by atoms with Gasteiger partial charge in [-0.1, -0.05) is 19.8 Å². The summed E-state index contributed by atoms with van der Waals surface area (Å²) >= 11 is 1.25. The van der Waals surface area contributed by atoms with Gasteiger partial charge >= 0.3 is 0 Å². The van der Waals surface area contributed by atoms with E-state index in [2.05, 4.69) is 11.6 Å². The first kappa shape index (κ1) is 13.6. The van der Waals surface area contributed by atoms with E-state index in [4.69, 9.17) is 5.11 Å². The van der Waals surface area contributed by atoms with Crippen LogP contribution in [0.4, 0.5) is 0 Å². The Morgan fingerprint density at radius 1 is 1.44 bits per heavy atom. The molecule has 0 saturated carbocycles. The Morgan fingerprint density at radius 3 is 2.75 bits per heavy atom. The van der Waals surface area contributed by atoms with E-state index in [-0.39, 0.29) is 11.5 Å². The average molecular weight is 263 g/mol. The van der Waals surface area contributed by atoms with Gasteiger partial charge in [0.2, 0.25) is 10.0 Å². The minimum absolute atomic E-state index is 0.115. The van der Waals surface area contributed by atoms with Crippen molar-refractivity contribution in [3.05, 3.63) is 16.3 Å². The van der Waals surface area contributed by atoms with Gasteiger partial charge in [-0.25, -0.2) is 13.1 Å². The van der Waals surface area contributed by atoms with Gasteiger partial charge in [0.25, 0.3) is 0 Å². The number of aliphatic hydroxyl groups excluding tert-OH is 1. The molecule has 0 unspecified atom stereocenters. The third-order valence-electron chi connectivity index (χ3n) is 2.17. The first-order chi connectivity index (χ1) is 7.60. The molecule has 0 fully saturated rings. The van der Waals surface area contributed by atoms with E-state index in [0.717, 1.165) is 19.3 Å². The van der Waals surface area contributed by atoms with Crippen molar-refractivity contribution in [3.8, 4) is 0 Å². The lowest BCUT2D eigenvalue weighted by molar-refractivity contribution is 0.285. The first-order valence-corrected chi connectivity index (χ1v) is 7.64. The zero-order chi connectivity index (χ0) is 12.0. The van der Waals surface area contributed by atoms with E-state index >= 15 is 0 Å². The molecule has 1 aromatic heterocycles. The molecule has 92 valence electrons. The molecule has 0 atom stereocenters. The zero-order valence-corrected chi connectivity index (χ0v) is 10.9. The van der Waals surface area contributed by atoms with Crippen LogP contribution in [0.3, 0.4) is 0 Å². The largest absolute Gasteiger partial charge is 0.391 e. The van der Waals surface area contributed by atoms with Crippen LogP contribution in [0.15, 0.2) is 16.3 Å². The molecule has 0 bridgehead atoms. The summed E-state index contributed by atoms with van der Waals surface area (Å²) < 4.78 is 26.0. The van der Waals surface area contributed by atoms with Crippen molar-refractivity contribution in [1.82, 2.24) is 4.72 Å². The predicted molar refractivity (Wildman–Crippen MR) is 65.0 cm³/mol. The number of aliphatic hydroxyl groups is 1. The van der Waals surface area contributed by atoms with Crippen molar-refractivity contribution < 1.29 is 13.5 Å². The normalized spacial score (nSPS) is 11.9. The number of sulfonamides is 1. The van der Waals surface area contributed by atoms with Crippen LogP contribution in [0.1, 0.15) is 31.1 Å². The Kier molecular flexibility index (Phi) is 5.40. The Bertz CT molecular complexity index is 411. The number of hydrogen-bond donors (Lipinski definition) is 2. The van der Waals surface area contributed by atoms with Crippen molar-refractivity contribution in [2.24, 2.45) is 0 Å². The maximum atomic E-state index is 11.7. The van der Waals surface area contributed by atoms with E-state index < -0.39 is 10.0 Å². The highest BCUT2D eigenvalue weighted by molar-refractivity contribution is 7.89. The highest BCUT2D eigenvalue weighted by Gasteiger charge is 2.14. The molecule has 1 heterocycles. The Balaban J connectivity index is 2.56. The second-order valence-electron chi connectivity index (χ2n) is 3.51. The highest BCUT2D eigenvalue weighted by atomic mass is 32.2. The van der Waals surface area contributed by atoms with Gasteiger partial charge in [0.15, 0.2) is 0 Å². The zero-order valence-electron chi connectivity index (χ0n) is 9.27. The molecule has 0 saturated heterocycles. The molecule has 6 heteroatoms. The first-order valence-electron chi connectivity index (χ1n) is 5.28. The maximum Gasteiger partial charge on any atom is 0.241 e. The van der Waals surface area contributed by atoms with Crippen LogP contribution in [0.25, 0.3) is 0 Å². The summed E-state index contributed by atoms with van der Waals surface area (Å²) in [5, 5.41) is 10.4. The fourth-order valence-electron chi connectivity index (χ4n) is 1.25. The minimum atomic E-state index is -3.38. The van der Waals surface area contributed by atoms with E-state index in [0.29, 0.717) is 11.4 Å². The Morgan fingerprint density at radius 2 is 2.19 bits per heavy atom. The van der Waals surface area contributed by atoms with Crippen molar-refractivity contribution in [2.45, 2.75) is 37.7 Å². The van der Waals surface area contributed by atoms with Crippen LogP contribution in [0.5, 0.6) is 0 Å². The summed E-state index contributed by atoms with van der Waals surface area (Å²) in [5.41, 5.74) is 0. The van der Waals surface area contributed by atoms with Crippen LogP contribution in [-0.2, 0) is 16.6 Å². The Labute approximate surface area is 100 Å². The summed E-state index contributed by atoms with van der Waals surface area (Å²) in [4.78, 5) is 0.909. The van der Waals surface area contributed by atoms with Gasteiger partial charge in [0.1, 0.15) is 0 Å².